The summed E-state index contributed by atoms with van der Waals surface area (Å²) in [6.07, 6.45) is 1.70. The topological polar surface area (TPSA) is 46.9 Å². The van der Waals surface area contributed by atoms with E-state index in [2.05, 4.69) is 10.4 Å². The third-order valence-corrected chi connectivity index (χ3v) is 1.95. The molecule has 0 aliphatic heterocycles. The van der Waals surface area contributed by atoms with Crippen LogP contribution in [-0.2, 0) is 6.54 Å². The van der Waals surface area contributed by atoms with E-state index >= 15 is 0 Å². The minimum Gasteiger partial charge on any atom is -0.315 e. The van der Waals surface area contributed by atoms with Gasteiger partial charge in [-0.2, -0.15) is 5.10 Å². The molecule has 0 amide bonds. The van der Waals surface area contributed by atoms with Crippen molar-refractivity contribution in [2.24, 2.45) is 0 Å². The number of hydrogen-bond acceptors (Lipinski definition) is 3. The van der Waals surface area contributed by atoms with E-state index < -0.39 is 0 Å². The summed E-state index contributed by atoms with van der Waals surface area (Å²) in [5.74, 6) is 0. The molecule has 4 heteroatoms. The second kappa shape index (κ2) is 4.18. The Morgan fingerprint density at radius 3 is 2.92 bits per heavy atom. The van der Waals surface area contributed by atoms with Gasteiger partial charge in [0.25, 0.3) is 5.56 Å². The number of rotatable bonds is 3. The number of likely N-dealkylation sites (N-methyl/N-ethyl adjacent to an activating group) is 1. The van der Waals surface area contributed by atoms with Crippen LogP contribution in [-0.4, -0.2) is 22.9 Å². The lowest BCUT2D eigenvalue weighted by atomic mass is 10.3. The van der Waals surface area contributed by atoms with Crippen LogP contribution in [0.3, 0.4) is 0 Å². The molecule has 1 aromatic rings. The molecular formula is C9H15N3O. The van der Waals surface area contributed by atoms with Gasteiger partial charge < -0.3 is 5.32 Å². The molecule has 1 atom stereocenters. The van der Waals surface area contributed by atoms with Crippen LogP contribution >= 0.6 is 0 Å². The van der Waals surface area contributed by atoms with Gasteiger partial charge in [0, 0.05) is 12.1 Å². The fourth-order valence-electron chi connectivity index (χ4n) is 1.01. The summed E-state index contributed by atoms with van der Waals surface area (Å²) in [5.41, 5.74) is 0.862. The number of nitrogens with zero attached hydrogens (tertiary/aromatic N) is 2. The Labute approximate surface area is 77.6 Å². The van der Waals surface area contributed by atoms with Crippen molar-refractivity contribution in [3.05, 3.63) is 28.2 Å². The predicted octanol–water partition coefficient (Wildman–Crippen LogP) is 0.160. The molecule has 1 N–H and O–H groups in total. The van der Waals surface area contributed by atoms with Crippen molar-refractivity contribution in [1.29, 1.82) is 0 Å². The largest absolute Gasteiger partial charge is 0.315 e. The van der Waals surface area contributed by atoms with Gasteiger partial charge in [0.05, 0.1) is 12.7 Å². The highest BCUT2D eigenvalue weighted by Gasteiger charge is 2.02. The molecule has 72 valence electrons. The van der Waals surface area contributed by atoms with E-state index in [4.69, 9.17) is 0 Å². The zero-order valence-electron chi connectivity index (χ0n) is 8.24. The van der Waals surface area contributed by atoms with Crippen LogP contribution in [0.25, 0.3) is 0 Å². The van der Waals surface area contributed by atoms with Gasteiger partial charge in [-0.15, -0.1) is 0 Å². The Morgan fingerprint density at radius 1 is 1.69 bits per heavy atom. The third-order valence-electron chi connectivity index (χ3n) is 1.95. The van der Waals surface area contributed by atoms with Gasteiger partial charge in [0.2, 0.25) is 0 Å². The molecule has 1 aromatic heterocycles. The zero-order valence-corrected chi connectivity index (χ0v) is 8.24. The molecule has 0 aliphatic rings. The molecule has 0 bridgehead atoms. The van der Waals surface area contributed by atoms with Crippen LogP contribution in [0.15, 0.2) is 17.1 Å². The maximum Gasteiger partial charge on any atom is 0.267 e. The summed E-state index contributed by atoms with van der Waals surface area (Å²) in [6.45, 7) is 4.48. The third kappa shape index (κ3) is 2.66. The lowest BCUT2D eigenvalue weighted by molar-refractivity contribution is 0.463. The molecule has 1 rings (SSSR count). The van der Waals surface area contributed by atoms with Gasteiger partial charge in [-0.25, -0.2) is 4.68 Å². The van der Waals surface area contributed by atoms with E-state index in [9.17, 15) is 4.79 Å². The van der Waals surface area contributed by atoms with Crippen LogP contribution < -0.4 is 10.9 Å². The monoisotopic (exact) mass is 181 g/mol. The van der Waals surface area contributed by atoms with Gasteiger partial charge in [-0.3, -0.25) is 4.79 Å². The molecule has 13 heavy (non-hydrogen) atoms. The second-order valence-corrected chi connectivity index (χ2v) is 3.24. The molecular weight excluding hydrogens is 166 g/mol. The van der Waals surface area contributed by atoms with E-state index in [0.717, 1.165) is 5.56 Å². The second-order valence-electron chi connectivity index (χ2n) is 3.24. The van der Waals surface area contributed by atoms with Crippen molar-refractivity contribution < 1.29 is 0 Å². The van der Waals surface area contributed by atoms with Crippen molar-refractivity contribution in [1.82, 2.24) is 15.1 Å². The maximum absolute atomic E-state index is 11.4. The Balaban J connectivity index is 2.84. The first kappa shape index (κ1) is 9.92. The average Bonchev–Trinajstić information content (AvgIpc) is 2.09. The lowest BCUT2D eigenvalue weighted by Gasteiger charge is -2.10. The highest BCUT2D eigenvalue weighted by atomic mass is 16.1. The van der Waals surface area contributed by atoms with Crippen molar-refractivity contribution in [2.45, 2.75) is 26.4 Å². The molecule has 1 unspecified atom stereocenters. The van der Waals surface area contributed by atoms with Crippen LogP contribution in [0.5, 0.6) is 0 Å². The van der Waals surface area contributed by atoms with Crippen molar-refractivity contribution in [2.75, 3.05) is 7.05 Å². The quantitative estimate of drug-likeness (QED) is 0.722. The summed E-state index contributed by atoms with van der Waals surface area (Å²) in [5, 5.41) is 7.09. The summed E-state index contributed by atoms with van der Waals surface area (Å²) >= 11 is 0. The fourth-order valence-corrected chi connectivity index (χ4v) is 1.01. The van der Waals surface area contributed by atoms with Gasteiger partial charge in [-0.1, -0.05) is 0 Å². The fraction of sp³-hybridized carbons (Fsp3) is 0.556. The van der Waals surface area contributed by atoms with E-state index in [-0.39, 0.29) is 11.6 Å². The zero-order chi connectivity index (χ0) is 9.84. The Hall–Kier alpha value is -1.16. The molecule has 1 heterocycles. The smallest absolute Gasteiger partial charge is 0.267 e. The van der Waals surface area contributed by atoms with Crippen molar-refractivity contribution in [3.63, 3.8) is 0 Å². The summed E-state index contributed by atoms with van der Waals surface area (Å²) in [4.78, 5) is 11.4. The molecule has 0 aliphatic carbocycles. The van der Waals surface area contributed by atoms with Crippen LogP contribution in [0.2, 0.25) is 0 Å². The van der Waals surface area contributed by atoms with Gasteiger partial charge in [-0.05, 0) is 26.5 Å². The molecule has 0 saturated carbocycles. The molecule has 4 nitrogen and oxygen atoms in total. The minimum absolute atomic E-state index is 0.0397. The Morgan fingerprint density at radius 2 is 2.38 bits per heavy atom. The van der Waals surface area contributed by atoms with Gasteiger partial charge >= 0.3 is 0 Å². The van der Waals surface area contributed by atoms with Crippen LogP contribution in [0, 0.1) is 6.92 Å². The molecule has 0 spiro atoms. The summed E-state index contributed by atoms with van der Waals surface area (Å²) < 4.78 is 1.47. The first-order valence-electron chi connectivity index (χ1n) is 4.34. The summed E-state index contributed by atoms with van der Waals surface area (Å²) in [6, 6.07) is 1.85. The highest BCUT2D eigenvalue weighted by Crippen LogP contribution is 1.88. The van der Waals surface area contributed by atoms with E-state index in [0.29, 0.717) is 6.54 Å². The van der Waals surface area contributed by atoms with E-state index in [1.165, 1.54) is 4.68 Å². The minimum atomic E-state index is -0.0397. The Bertz CT molecular complexity index is 332. The van der Waals surface area contributed by atoms with Gasteiger partial charge in [0.15, 0.2) is 0 Å². The summed E-state index contributed by atoms with van der Waals surface area (Å²) in [7, 11) is 1.86. The van der Waals surface area contributed by atoms with Gasteiger partial charge in [0.1, 0.15) is 0 Å². The number of hydrogen-bond donors (Lipinski definition) is 1. The predicted molar refractivity (Wildman–Crippen MR) is 51.8 cm³/mol. The molecule has 0 radical (unpaired) electrons. The standard InChI is InChI=1S/C9H15N3O/c1-7-4-9(13)12(11-5-7)6-8(2)10-3/h4-5,8,10H,6H2,1-3H3. The molecule has 0 aromatic carbocycles. The van der Waals surface area contributed by atoms with Crippen molar-refractivity contribution in [3.8, 4) is 0 Å². The number of nitrogens with one attached hydrogen (secondary N) is 1. The SMILES string of the molecule is CNC(C)Cn1ncc(C)cc1=O. The van der Waals surface area contributed by atoms with Crippen LogP contribution in [0.1, 0.15) is 12.5 Å². The highest BCUT2D eigenvalue weighted by molar-refractivity contribution is 5.02. The first-order chi connectivity index (χ1) is 6.13. The molecule has 0 fully saturated rings. The van der Waals surface area contributed by atoms with E-state index in [1.54, 1.807) is 12.3 Å². The lowest BCUT2D eigenvalue weighted by Crippen LogP contribution is -2.33. The van der Waals surface area contributed by atoms with E-state index in [1.807, 2.05) is 20.9 Å². The Kier molecular flexibility index (Phi) is 3.19. The normalized spacial score (nSPS) is 12.8. The maximum atomic E-state index is 11.4. The molecule has 0 saturated heterocycles. The number of aryl methyl sites for hydroxylation is 1. The number of aromatic nitrogens is 2. The van der Waals surface area contributed by atoms with Crippen LogP contribution in [0.4, 0.5) is 0 Å². The van der Waals surface area contributed by atoms with Crippen molar-refractivity contribution >= 4 is 0 Å². The average molecular weight is 181 g/mol. The first-order valence-corrected chi connectivity index (χ1v) is 4.34.